The van der Waals surface area contributed by atoms with Crippen LogP contribution >= 0.6 is 92.8 Å². The van der Waals surface area contributed by atoms with Gasteiger partial charge in [0.1, 0.15) is 46.4 Å². The van der Waals surface area contributed by atoms with Crippen LogP contribution in [-0.4, -0.2) is 41.0 Å². The molecule has 4 N–H and O–H groups in total. The maximum atomic E-state index is 14.1. The van der Waals surface area contributed by atoms with Crippen molar-refractivity contribution in [1.82, 2.24) is 0 Å². The van der Waals surface area contributed by atoms with Gasteiger partial charge in [0.25, 0.3) is 0 Å². The van der Waals surface area contributed by atoms with E-state index in [2.05, 4.69) is 27.4 Å². The Bertz CT molecular complexity index is 4080. The van der Waals surface area contributed by atoms with Gasteiger partial charge >= 0.3 is 0 Å². The minimum atomic E-state index is -0.465. The van der Waals surface area contributed by atoms with Crippen LogP contribution in [0.5, 0.6) is 0 Å². The van der Waals surface area contributed by atoms with Crippen molar-refractivity contribution in [2.75, 3.05) is 6.54 Å². The molecule has 5 aliphatic carbocycles. The molecule has 6 aromatic carbocycles. The second-order valence-corrected chi connectivity index (χ2v) is 41.4. The molecule has 0 spiro atoms. The summed E-state index contributed by atoms with van der Waals surface area (Å²) in [5.41, 5.74) is 16.9. The Hall–Kier alpha value is -4.56. The van der Waals surface area contributed by atoms with Gasteiger partial charge in [-0.25, -0.2) is 13.2 Å². The summed E-state index contributed by atoms with van der Waals surface area (Å²) >= 11 is 47.2. The van der Waals surface area contributed by atoms with E-state index in [1.165, 1.54) is 29.8 Å². The number of nitrogens with two attached hydrogens (primary N) is 2. The molecule has 620 valence electrons. The van der Waals surface area contributed by atoms with E-state index < -0.39 is 11.2 Å². The molecule has 6 aromatic rings. The maximum absolute atomic E-state index is 14.1. The van der Waals surface area contributed by atoms with Crippen LogP contribution in [0.15, 0.2) is 127 Å². The molecule has 0 aromatic heterocycles. The van der Waals surface area contributed by atoms with Crippen molar-refractivity contribution in [3.05, 3.63) is 218 Å². The molecular formula is C95H123Cl8F3N2O5. The molecule has 5 fully saturated rings. The Labute approximate surface area is 714 Å². The molecule has 10 atom stereocenters. The van der Waals surface area contributed by atoms with Gasteiger partial charge in [0, 0.05) is 83.8 Å². The van der Waals surface area contributed by atoms with E-state index in [0.717, 1.165) is 123 Å². The van der Waals surface area contributed by atoms with Crippen LogP contribution < -0.4 is 11.5 Å². The number of carbonyl (C=O) groups is 5. The largest absolute Gasteiger partial charge is 0.330 e. The van der Waals surface area contributed by atoms with Crippen molar-refractivity contribution in [1.29, 1.82) is 0 Å². The van der Waals surface area contributed by atoms with Crippen LogP contribution in [0.2, 0.25) is 40.2 Å². The third kappa shape index (κ3) is 27.8. The predicted molar refractivity (Wildman–Crippen MR) is 469 cm³/mol. The monoisotopic (exact) mass is 1710 g/mol. The average Bonchev–Trinajstić information content (AvgIpc) is 1.56. The molecule has 7 nitrogen and oxygen atoms in total. The van der Waals surface area contributed by atoms with Crippen molar-refractivity contribution in [3.63, 3.8) is 0 Å². The fourth-order valence-electron chi connectivity index (χ4n) is 16.3. The molecule has 0 bridgehead atoms. The number of allylic oxidation sites excluding steroid dienone is 1. The lowest BCUT2D eigenvalue weighted by Gasteiger charge is -2.31. The molecule has 0 heterocycles. The summed E-state index contributed by atoms with van der Waals surface area (Å²) in [5.74, 6) is 1.44. The molecule has 113 heavy (non-hydrogen) atoms. The fourth-order valence-corrected chi connectivity index (χ4v) is 17.5. The molecule has 0 radical (unpaired) electrons. The van der Waals surface area contributed by atoms with Crippen LogP contribution in [0, 0.1) is 85.4 Å². The average molecular weight is 1710 g/mol. The van der Waals surface area contributed by atoms with Crippen LogP contribution in [0.3, 0.4) is 0 Å². The number of benzene rings is 6. The maximum Gasteiger partial charge on any atom is 0.143 e. The van der Waals surface area contributed by atoms with E-state index in [-0.39, 0.29) is 115 Å². The lowest BCUT2D eigenvalue weighted by molar-refractivity contribution is -0.131. The van der Waals surface area contributed by atoms with Crippen molar-refractivity contribution in [2.45, 2.75) is 257 Å². The van der Waals surface area contributed by atoms with Crippen LogP contribution in [-0.2, 0) is 36.8 Å². The predicted octanol–water partition coefficient (Wildman–Crippen LogP) is 28.7. The number of carbonyl (C=O) groups excluding carboxylic acids is 5. The number of hydrogen-bond donors (Lipinski definition) is 2. The van der Waals surface area contributed by atoms with E-state index in [1.54, 1.807) is 24.3 Å². The van der Waals surface area contributed by atoms with Crippen molar-refractivity contribution in [3.8, 4) is 0 Å². The molecule has 5 saturated carbocycles. The van der Waals surface area contributed by atoms with Crippen LogP contribution in [0.25, 0.3) is 0 Å². The highest BCUT2D eigenvalue weighted by Gasteiger charge is 2.51. The second-order valence-electron chi connectivity index (χ2n) is 38.1. The molecule has 0 saturated heterocycles. The first kappa shape index (κ1) is 97.3. The second kappa shape index (κ2) is 40.9. The van der Waals surface area contributed by atoms with Gasteiger partial charge in [0.15, 0.2) is 0 Å². The fraction of sp³-hybridized carbons (Fsp3) is 0.547. The number of Topliss-reactive ketones (excluding diaryl/α,β-unsaturated/α-hetero) is 5. The zero-order valence-corrected chi connectivity index (χ0v) is 75.9. The topological polar surface area (TPSA) is 137 Å². The minimum absolute atomic E-state index is 0.00370. The van der Waals surface area contributed by atoms with E-state index in [1.807, 2.05) is 171 Å². The van der Waals surface area contributed by atoms with Gasteiger partial charge in [-0.15, -0.1) is 0 Å². The summed E-state index contributed by atoms with van der Waals surface area (Å²) in [5, 5.41) is 3.97. The van der Waals surface area contributed by atoms with Gasteiger partial charge in [-0.2, -0.15) is 0 Å². The molecule has 0 aliphatic heterocycles. The Morgan fingerprint density at radius 3 is 1.09 bits per heavy atom. The smallest absolute Gasteiger partial charge is 0.143 e. The van der Waals surface area contributed by atoms with Crippen LogP contribution in [0.1, 0.15) is 272 Å². The standard InChI is InChI=1S/C17H22ClF.2C16H20Cl2O.C16H20ClFO.C16H22ClNO.C14H19ClFNO/c1-11(17(2,3)4)13-6-5-7-14(13)15-9-8-12(18)10-16(15)19;2*1-16(2,3)15(19)12-6-4-5-11(12)10-7-8-13(17)14(18)9-10;1-16(2,3)15(19)13-6-4-5-11(13)12-8-7-10(17)9-14(12)18;1-15(2,3)14(19)13(16(18)8-9-16)10-11-4-6-12(17)7-5-11;1-14(2,3)13(18)10(8-17)6-9-4-5-11(15)12(16)7-9/h8-10,13-14H,1,5-7H2,2-4H3;2*7-9,11-12H,4-6H2,1-3H3;7-9,11,13H,4-6H2,1-3H3;4-7,13H,8-10,18H2,1-3H3;4-5,7,10H,6,8,17H2,1-3H3/t13-,14+;2*11-,12+;11-,13+;;/m1100../s1. The van der Waals surface area contributed by atoms with Gasteiger partial charge in [0.2, 0.25) is 0 Å². The number of hydrogen-bond acceptors (Lipinski definition) is 7. The SMILES string of the molecule is C=C([C@H]1CCC[C@@H]1c1ccc(Cl)cc1F)C(C)(C)C.CC(C)(C)C(=O)C(CN)Cc1ccc(Cl)c(F)c1.CC(C)(C)C(=O)C(Cc1ccc(Cl)cc1)C1(N)CC1.CC(C)(C)C(=O)[C@@H]1CCC[C@H]1c1ccc(Cl)c(Cl)c1.CC(C)(C)C(=O)[C@@H]1CCC[C@H]1c1ccc(Cl)cc1F.CC(C)(C)C(=O)[C@H]1CCC[C@@H]1c1ccc(Cl)c(Cl)c1. The highest BCUT2D eigenvalue weighted by Crippen LogP contribution is 2.51. The summed E-state index contributed by atoms with van der Waals surface area (Å²) in [4.78, 5) is 62.3. The van der Waals surface area contributed by atoms with Crippen molar-refractivity contribution >= 4 is 122 Å². The first-order valence-corrected chi connectivity index (χ1v) is 43.1. The van der Waals surface area contributed by atoms with Crippen molar-refractivity contribution < 1.29 is 37.1 Å². The summed E-state index contributed by atoms with van der Waals surface area (Å²) in [6, 6.07) is 33.6. The van der Waals surface area contributed by atoms with E-state index in [0.29, 0.717) is 77.9 Å². The Morgan fingerprint density at radius 1 is 0.389 bits per heavy atom. The zero-order chi connectivity index (χ0) is 85.0. The highest BCUT2D eigenvalue weighted by molar-refractivity contribution is 6.42. The Morgan fingerprint density at radius 2 is 0.743 bits per heavy atom. The highest BCUT2D eigenvalue weighted by atomic mass is 35.5. The quantitative estimate of drug-likeness (QED) is 0.0921. The zero-order valence-electron chi connectivity index (χ0n) is 69.8. The summed E-state index contributed by atoms with van der Waals surface area (Å²) < 4.78 is 41.5. The number of rotatable bonds is 16. The first-order chi connectivity index (χ1) is 52.2. The van der Waals surface area contributed by atoms with E-state index in [4.69, 9.17) is 104 Å². The number of ketones is 5. The Balaban J connectivity index is 0.000000211. The lowest BCUT2D eigenvalue weighted by Crippen LogP contribution is -2.43. The van der Waals surface area contributed by atoms with E-state index in [9.17, 15) is 37.1 Å². The van der Waals surface area contributed by atoms with Gasteiger partial charge < -0.3 is 11.5 Å². The van der Waals surface area contributed by atoms with Crippen molar-refractivity contribution in [2.24, 2.45) is 79.5 Å². The van der Waals surface area contributed by atoms with Gasteiger partial charge in [0.05, 0.1) is 25.1 Å². The lowest BCUT2D eigenvalue weighted by atomic mass is 9.74. The molecule has 2 unspecified atom stereocenters. The third-order valence-corrected chi connectivity index (χ3v) is 25.5. The third-order valence-electron chi connectivity index (χ3n) is 23.0. The normalized spacial score (nSPS) is 21.2. The molecule has 11 rings (SSSR count). The Kier molecular flexibility index (Phi) is 35.2. The molecule has 5 aliphatic rings. The summed E-state index contributed by atoms with van der Waals surface area (Å²) in [7, 11) is 0. The molecule has 18 heteroatoms. The minimum Gasteiger partial charge on any atom is -0.330 e. The molecular weight excluding hydrogens is 1590 g/mol. The first-order valence-electron chi connectivity index (χ1n) is 40.1. The van der Waals surface area contributed by atoms with Gasteiger partial charge in [-0.3, -0.25) is 24.0 Å². The van der Waals surface area contributed by atoms with Gasteiger partial charge in [-0.1, -0.05) is 298 Å². The summed E-state index contributed by atoms with van der Waals surface area (Å²) in [6.45, 7) is 40.4. The molecule has 0 amide bonds. The summed E-state index contributed by atoms with van der Waals surface area (Å²) in [6.07, 6.45) is 15.4. The van der Waals surface area contributed by atoms with E-state index >= 15 is 0 Å². The number of halogens is 11. The van der Waals surface area contributed by atoms with Gasteiger partial charge in [-0.05, 0) is 218 Å². The van der Waals surface area contributed by atoms with Crippen LogP contribution in [0.4, 0.5) is 13.2 Å².